The van der Waals surface area contributed by atoms with Crippen LogP contribution < -0.4 is 9.47 Å². The Balaban J connectivity index is 2.14. The lowest BCUT2D eigenvalue weighted by molar-refractivity contribution is 0.339. The number of methoxy groups -OCH3 is 2. The molecule has 0 saturated carbocycles. The Bertz CT molecular complexity index is 554. The number of hydrogen-bond donors (Lipinski definition) is 1. The van der Waals surface area contributed by atoms with E-state index < -0.39 is 0 Å². The van der Waals surface area contributed by atoms with Gasteiger partial charge >= 0.3 is 0 Å². The third-order valence-corrected chi connectivity index (χ3v) is 3.68. The van der Waals surface area contributed by atoms with Crippen molar-refractivity contribution in [2.75, 3.05) is 14.2 Å². The van der Waals surface area contributed by atoms with Gasteiger partial charge in [-0.05, 0) is 48.2 Å². The van der Waals surface area contributed by atoms with E-state index in [1.54, 1.807) is 0 Å². The lowest BCUT2D eigenvalue weighted by atomic mass is 10.0. The number of ether oxygens (including phenoxy) is 2. The number of aromatic hydroxyl groups is 1. The highest BCUT2D eigenvalue weighted by atomic mass is 79.9. The summed E-state index contributed by atoms with van der Waals surface area (Å²) in [6.07, 6.45) is 1.78. The van der Waals surface area contributed by atoms with Crippen LogP contribution in [0, 0.1) is 0 Å². The molecule has 0 amide bonds. The molecule has 4 heteroatoms. The minimum absolute atomic E-state index is 0.0439. The summed E-state index contributed by atoms with van der Waals surface area (Å²) < 4.78 is 11.4. The van der Waals surface area contributed by atoms with Gasteiger partial charge < -0.3 is 14.6 Å². The molecular weight excluding hydrogens is 320 g/mol. The molecule has 0 spiro atoms. The number of aryl methyl sites for hydroxylation is 2. The second-order valence-electron chi connectivity index (χ2n) is 4.48. The van der Waals surface area contributed by atoms with Crippen molar-refractivity contribution in [3.63, 3.8) is 0 Å². The van der Waals surface area contributed by atoms with Crippen molar-refractivity contribution in [3.8, 4) is 17.2 Å². The molecule has 3 nitrogen and oxygen atoms in total. The first-order chi connectivity index (χ1) is 9.63. The van der Waals surface area contributed by atoms with Gasteiger partial charge in [-0.2, -0.15) is 0 Å². The maximum Gasteiger partial charge on any atom is 0.200 e. The van der Waals surface area contributed by atoms with Gasteiger partial charge in [0.05, 0.1) is 14.2 Å². The fourth-order valence-electron chi connectivity index (χ4n) is 2.03. The Kier molecular flexibility index (Phi) is 4.90. The van der Waals surface area contributed by atoms with E-state index in [9.17, 15) is 5.11 Å². The van der Waals surface area contributed by atoms with E-state index >= 15 is 0 Å². The predicted molar refractivity (Wildman–Crippen MR) is 82.8 cm³/mol. The summed E-state index contributed by atoms with van der Waals surface area (Å²) in [5.74, 6) is 0.924. The highest BCUT2D eigenvalue weighted by molar-refractivity contribution is 9.10. The minimum Gasteiger partial charge on any atom is -0.502 e. The van der Waals surface area contributed by atoms with Crippen LogP contribution in [0.25, 0.3) is 0 Å². The van der Waals surface area contributed by atoms with Gasteiger partial charge in [0.1, 0.15) is 0 Å². The van der Waals surface area contributed by atoms with Crippen molar-refractivity contribution in [1.29, 1.82) is 0 Å². The van der Waals surface area contributed by atoms with Gasteiger partial charge in [-0.3, -0.25) is 0 Å². The maximum atomic E-state index is 9.87. The third kappa shape index (κ3) is 3.45. The number of hydrogen-bond acceptors (Lipinski definition) is 3. The lowest BCUT2D eigenvalue weighted by Crippen LogP contribution is -1.95. The highest BCUT2D eigenvalue weighted by Gasteiger charge is 2.11. The molecule has 2 aromatic rings. The number of rotatable bonds is 5. The van der Waals surface area contributed by atoms with E-state index in [1.807, 2.05) is 24.3 Å². The number of phenols is 1. The fourth-order valence-corrected chi connectivity index (χ4v) is 2.30. The Labute approximate surface area is 127 Å². The molecule has 0 radical (unpaired) electrons. The Morgan fingerprint density at radius 2 is 1.40 bits per heavy atom. The number of benzene rings is 2. The zero-order valence-electron chi connectivity index (χ0n) is 11.5. The van der Waals surface area contributed by atoms with Crippen molar-refractivity contribution in [3.05, 3.63) is 52.0 Å². The fraction of sp³-hybridized carbons (Fsp3) is 0.250. The average Bonchev–Trinajstić information content (AvgIpc) is 2.47. The average molecular weight is 337 g/mol. The van der Waals surface area contributed by atoms with E-state index in [1.165, 1.54) is 19.8 Å². The van der Waals surface area contributed by atoms with Gasteiger partial charge in [-0.1, -0.05) is 28.1 Å². The molecule has 0 aliphatic carbocycles. The van der Waals surface area contributed by atoms with Crippen LogP contribution in [0.1, 0.15) is 11.1 Å². The molecule has 0 atom stereocenters. The summed E-state index contributed by atoms with van der Waals surface area (Å²) in [6, 6.07) is 12.0. The summed E-state index contributed by atoms with van der Waals surface area (Å²) in [5.41, 5.74) is 2.33. The van der Waals surface area contributed by atoms with E-state index in [4.69, 9.17) is 9.47 Å². The van der Waals surface area contributed by atoms with Gasteiger partial charge in [0.15, 0.2) is 11.5 Å². The Morgan fingerprint density at radius 3 is 1.90 bits per heavy atom. The molecule has 0 heterocycles. The molecule has 0 aliphatic rings. The SMILES string of the molecule is COc1cc(CCc2ccc(Br)cc2)cc(OC)c1O. The first kappa shape index (κ1) is 14.7. The second-order valence-corrected chi connectivity index (χ2v) is 5.39. The zero-order valence-corrected chi connectivity index (χ0v) is 13.1. The van der Waals surface area contributed by atoms with Gasteiger partial charge in [0, 0.05) is 4.47 Å². The van der Waals surface area contributed by atoms with Crippen LogP contribution in [-0.2, 0) is 12.8 Å². The van der Waals surface area contributed by atoms with Crippen LogP contribution in [-0.4, -0.2) is 19.3 Å². The van der Waals surface area contributed by atoms with Crippen molar-refractivity contribution >= 4 is 15.9 Å². The number of phenolic OH excluding ortho intramolecular Hbond substituents is 1. The molecular formula is C16H17BrO3. The normalized spacial score (nSPS) is 10.3. The van der Waals surface area contributed by atoms with Gasteiger partial charge in [-0.25, -0.2) is 0 Å². The molecule has 0 aromatic heterocycles. The van der Waals surface area contributed by atoms with Crippen molar-refractivity contribution in [1.82, 2.24) is 0 Å². The summed E-state index contributed by atoms with van der Waals surface area (Å²) >= 11 is 3.43. The zero-order chi connectivity index (χ0) is 14.5. The Hall–Kier alpha value is -1.68. The largest absolute Gasteiger partial charge is 0.502 e. The summed E-state index contributed by atoms with van der Waals surface area (Å²) in [4.78, 5) is 0. The van der Waals surface area contributed by atoms with Crippen LogP contribution in [0.2, 0.25) is 0 Å². The molecule has 0 unspecified atom stereocenters. The van der Waals surface area contributed by atoms with E-state index in [0.717, 1.165) is 22.9 Å². The quantitative estimate of drug-likeness (QED) is 0.898. The summed E-state index contributed by atoms with van der Waals surface area (Å²) in [7, 11) is 3.07. The Morgan fingerprint density at radius 1 is 0.900 bits per heavy atom. The second kappa shape index (κ2) is 6.66. The molecule has 0 aliphatic heterocycles. The smallest absolute Gasteiger partial charge is 0.200 e. The van der Waals surface area contributed by atoms with Gasteiger partial charge in [0.2, 0.25) is 5.75 Å². The van der Waals surface area contributed by atoms with Crippen LogP contribution >= 0.6 is 15.9 Å². The summed E-state index contributed by atoms with van der Waals surface area (Å²) in [5, 5.41) is 9.87. The van der Waals surface area contributed by atoms with E-state index in [0.29, 0.717) is 11.5 Å². The standard InChI is InChI=1S/C16H17BrO3/c1-19-14-9-12(10-15(20-2)16(14)18)4-3-11-5-7-13(17)8-6-11/h5-10,18H,3-4H2,1-2H3. The molecule has 20 heavy (non-hydrogen) atoms. The minimum atomic E-state index is 0.0439. The van der Waals surface area contributed by atoms with Crippen LogP contribution in [0.15, 0.2) is 40.9 Å². The molecule has 0 fully saturated rings. The molecule has 106 valence electrons. The van der Waals surface area contributed by atoms with Crippen molar-refractivity contribution in [2.24, 2.45) is 0 Å². The first-order valence-corrected chi connectivity index (χ1v) is 7.11. The molecule has 0 bridgehead atoms. The maximum absolute atomic E-state index is 9.87. The third-order valence-electron chi connectivity index (χ3n) is 3.16. The van der Waals surface area contributed by atoms with E-state index in [2.05, 4.69) is 28.1 Å². The molecule has 2 aromatic carbocycles. The van der Waals surface area contributed by atoms with Crippen LogP contribution in [0.4, 0.5) is 0 Å². The lowest BCUT2D eigenvalue weighted by Gasteiger charge is -2.11. The molecule has 2 rings (SSSR count). The predicted octanol–water partition coefficient (Wildman–Crippen LogP) is 3.96. The molecule has 1 N–H and O–H groups in total. The topological polar surface area (TPSA) is 38.7 Å². The van der Waals surface area contributed by atoms with Crippen molar-refractivity contribution < 1.29 is 14.6 Å². The monoisotopic (exact) mass is 336 g/mol. The first-order valence-electron chi connectivity index (χ1n) is 6.32. The number of halogens is 1. The van der Waals surface area contributed by atoms with Gasteiger partial charge in [-0.15, -0.1) is 0 Å². The molecule has 0 saturated heterocycles. The van der Waals surface area contributed by atoms with Crippen molar-refractivity contribution in [2.45, 2.75) is 12.8 Å². The highest BCUT2D eigenvalue weighted by Crippen LogP contribution is 2.37. The van der Waals surface area contributed by atoms with E-state index in [-0.39, 0.29) is 5.75 Å². The summed E-state index contributed by atoms with van der Waals surface area (Å²) in [6.45, 7) is 0. The van der Waals surface area contributed by atoms with Gasteiger partial charge in [0.25, 0.3) is 0 Å². The van der Waals surface area contributed by atoms with Crippen LogP contribution in [0.5, 0.6) is 17.2 Å². The van der Waals surface area contributed by atoms with Crippen LogP contribution in [0.3, 0.4) is 0 Å².